The van der Waals surface area contributed by atoms with E-state index in [1.54, 1.807) is 0 Å². The summed E-state index contributed by atoms with van der Waals surface area (Å²) in [7, 11) is -6.83. The highest BCUT2D eigenvalue weighted by molar-refractivity contribution is 8.04. The van der Waals surface area contributed by atoms with Crippen LogP contribution in [0, 0.1) is 0 Å². The lowest BCUT2D eigenvalue weighted by atomic mass is 10.1. The molecule has 0 aliphatic heterocycles. The van der Waals surface area contributed by atoms with Crippen molar-refractivity contribution < 1.29 is 51.6 Å². The topological polar surface area (TPSA) is 43.4 Å². The van der Waals surface area contributed by atoms with Crippen LogP contribution in [-0.2, 0) is 19.5 Å². The molecule has 0 saturated heterocycles. The molecule has 0 atom stereocenters. The van der Waals surface area contributed by atoms with Crippen LogP contribution in [0.5, 0.6) is 0 Å². The van der Waals surface area contributed by atoms with Gasteiger partial charge in [0.15, 0.2) is 0 Å². The van der Waals surface area contributed by atoms with Crippen LogP contribution >= 0.6 is 12.0 Å². The number of halogens is 9. The van der Waals surface area contributed by atoms with Crippen molar-refractivity contribution in [3.8, 4) is 0 Å². The van der Waals surface area contributed by atoms with Crippen molar-refractivity contribution >= 4 is 22.2 Å². The molecule has 144 valence electrons. The minimum atomic E-state index is -7.32. The molecule has 0 saturated carbocycles. The first-order valence-corrected chi connectivity index (χ1v) is 8.19. The van der Waals surface area contributed by atoms with Crippen molar-refractivity contribution in [2.75, 3.05) is 0 Å². The van der Waals surface area contributed by atoms with Gasteiger partial charge in [-0.05, 0) is 5.56 Å². The fraction of sp³-hybridized carbons (Fsp3) is 0.455. The van der Waals surface area contributed by atoms with Gasteiger partial charge < -0.3 is 0 Å². The molecule has 0 amide bonds. The van der Waals surface area contributed by atoms with E-state index in [-0.39, 0.29) is 17.6 Å². The Morgan fingerprint density at radius 3 is 1.76 bits per heavy atom. The Morgan fingerprint density at radius 1 is 0.840 bits per heavy atom. The molecule has 0 aliphatic rings. The smallest absolute Gasteiger partial charge is 0.193 e. The predicted molar refractivity (Wildman–Crippen MR) is 68.6 cm³/mol. The second-order valence-corrected chi connectivity index (χ2v) is 6.92. The minimum absolute atomic E-state index is 0.276. The molecule has 1 aromatic carbocycles. The van der Waals surface area contributed by atoms with E-state index in [0.29, 0.717) is 0 Å². The molecule has 25 heavy (non-hydrogen) atoms. The van der Waals surface area contributed by atoms with Crippen LogP contribution in [0.3, 0.4) is 0 Å². The Morgan fingerprint density at radius 2 is 1.32 bits per heavy atom. The highest BCUT2D eigenvalue weighted by Gasteiger charge is 2.85. The maximum absolute atomic E-state index is 13.3. The van der Waals surface area contributed by atoms with Crippen molar-refractivity contribution in [1.29, 1.82) is 0 Å². The lowest BCUT2D eigenvalue weighted by molar-refractivity contribution is -0.382. The van der Waals surface area contributed by atoms with Crippen LogP contribution in [-0.4, -0.2) is 31.7 Å². The summed E-state index contributed by atoms with van der Waals surface area (Å²) in [5, 5.41) is -6.84. The van der Waals surface area contributed by atoms with E-state index in [4.69, 9.17) is 0 Å². The largest absolute Gasteiger partial charge is 0.460 e. The number of hydrogen-bond acceptors (Lipinski definition) is 4. The Kier molecular flexibility index (Phi) is 6.02. The molecule has 0 aliphatic carbocycles. The van der Waals surface area contributed by atoms with E-state index in [9.17, 15) is 47.9 Å². The van der Waals surface area contributed by atoms with E-state index in [0.717, 1.165) is 0 Å². The predicted octanol–water partition coefficient (Wildman–Crippen LogP) is 4.61. The van der Waals surface area contributed by atoms with Gasteiger partial charge in [-0.2, -0.15) is 51.6 Å². The maximum atomic E-state index is 13.3. The van der Waals surface area contributed by atoms with E-state index >= 15 is 0 Å². The number of rotatable bonds is 7. The highest BCUT2D eigenvalue weighted by Crippen LogP contribution is 2.55. The van der Waals surface area contributed by atoms with Gasteiger partial charge in [0, 0.05) is 17.8 Å². The molecule has 0 aromatic heterocycles. The van der Waals surface area contributed by atoms with Gasteiger partial charge in [0.25, 0.3) is 0 Å². The first kappa shape index (κ1) is 21.9. The summed E-state index contributed by atoms with van der Waals surface area (Å²) in [6.07, 6.45) is -7.12. The molecule has 0 radical (unpaired) electrons. The zero-order chi connectivity index (χ0) is 19.7. The third-order valence-electron chi connectivity index (χ3n) is 2.64. The fourth-order valence-electron chi connectivity index (χ4n) is 1.29. The minimum Gasteiger partial charge on any atom is -0.193 e. The zero-order valence-corrected chi connectivity index (χ0v) is 13.2. The van der Waals surface area contributed by atoms with E-state index in [1.165, 1.54) is 30.3 Å². The summed E-state index contributed by atoms with van der Waals surface area (Å²) in [5.41, 5.74) is 0.276. The Hall–Kier alpha value is -1.15. The lowest BCUT2D eigenvalue weighted by Crippen LogP contribution is -2.63. The molecule has 1 rings (SSSR count). The SMILES string of the molecule is O=S(=O)(OSCc1ccccc1)C(F)(F)C(F)(F)C(F)(F)C(F)(F)F. The molecule has 0 spiro atoms. The van der Waals surface area contributed by atoms with Gasteiger partial charge in [0.1, 0.15) is 0 Å². The molecule has 0 fully saturated rings. The van der Waals surface area contributed by atoms with Gasteiger partial charge in [0.2, 0.25) is 0 Å². The molecule has 0 unspecified atom stereocenters. The second-order valence-electron chi connectivity index (χ2n) is 4.43. The lowest BCUT2D eigenvalue weighted by Gasteiger charge is -2.32. The molecular formula is C11H7F9O3S2. The van der Waals surface area contributed by atoms with Gasteiger partial charge in [0.05, 0.1) is 0 Å². The van der Waals surface area contributed by atoms with Crippen LogP contribution in [0.15, 0.2) is 30.3 Å². The summed E-state index contributed by atoms with van der Waals surface area (Å²) >= 11 is -0.353. The van der Waals surface area contributed by atoms with Crippen molar-refractivity contribution in [3.63, 3.8) is 0 Å². The molecular weight excluding hydrogens is 415 g/mol. The summed E-state index contributed by atoms with van der Waals surface area (Å²) in [4.78, 5) is 0. The van der Waals surface area contributed by atoms with Crippen molar-refractivity contribution in [2.24, 2.45) is 0 Å². The van der Waals surface area contributed by atoms with Crippen LogP contribution in [0.25, 0.3) is 0 Å². The third-order valence-corrected chi connectivity index (χ3v) is 5.07. The molecule has 0 heterocycles. The summed E-state index contributed by atoms with van der Waals surface area (Å²) in [5.74, 6) is -15.1. The summed E-state index contributed by atoms with van der Waals surface area (Å²) in [6, 6.07) is 7.12. The van der Waals surface area contributed by atoms with Crippen LogP contribution < -0.4 is 0 Å². The Bertz CT molecular complexity index is 686. The number of hydrogen-bond donors (Lipinski definition) is 0. The average Bonchev–Trinajstić information content (AvgIpc) is 2.46. The number of alkyl halides is 9. The quantitative estimate of drug-likeness (QED) is 0.476. The monoisotopic (exact) mass is 422 g/mol. The zero-order valence-electron chi connectivity index (χ0n) is 11.5. The first-order chi connectivity index (χ1) is 11.1. The third kappa shape index (κ3) is 4.00. The summed E-state index contributed by atoms with van der Waals surface area (Å²) in [6.45, 7) is 0. The molecule has 0 N–H and O–H groups in total. The molecule has 14 heteroatoms. The Balaban J connectivity index is 3.01. The van der Waals surface area contributed by atoms with Gasteiger partial charge in [-0.25, -0.2) is 0 Å². The second kappa shape index (κ2) is 6.87. The van der Waals surface area contributed by atoms with E-state index < -0.39 is 39.1 Å². The molecule has 0 bridgehead atoms. The van der Waals surface area contributed by atoms with Gasteiger partial charge in [-0.15, -0.1) is 0 Å². The van der Waals surface area contributed by atoms with Crippen molar-refractivity contribution in [2.45, 2.75) is 29.0 Å². The first-order valence-electron chi connectivity index (χ1n) is 5.87. The number of benzene rings is 1. The normalized spacial score (nSPS) is 14.6. The van der Waals surface area contributed by atoms with Crippen LogP contribution in [0.1, 0.15) is 5.56 Å². The van der Waals surface area contributed by atoms with Crippen molar-refractivity contribution in [1.82, 2.24) is 0 Å². The highest BCUT2D eigenvalue weighted by atomic mass is 32.3. The van der Waals surface area contributed by atoms with E-state index in [2.05, 4.69) is 3.63 Å². The van der Waals surface area contributed by atoms with Gasteiger partial charge in [-0.3, -0.25) is 0 Å². The van der Waals surface area contributed by atoms with Gasteiger partial charge >= 0.3 is 33.4 Å². The molecule has 3 nitrogen and oxygen atoms in total. The standard InChI is InChI=1S/C11H7F9O3S2/c12-8(13,10(16,17)18)9(14,15)11(19,20)25(21,22)23-24-6-7-4-2-1-3-5-7/h1-5H,6H2. The maximum Gasteiger partial charge on any atom is 0.460 e. The van der Waals surface area contributed by atoms with Crippen LogP contribution in [0.2, 0.25) is 0 Å². The van der Waals surface area contributed by atoms with E-state index in [1.807, 2.05) is 0 Å². The summed E-state index contributed by atoms with van der Waals surface area (Å²) < 4.78 is 139. The van der Waals surface area contributed by atoms with Gasteiger partial charge in [-0.1, -0.05) is 30.3 Å². The average molecular weight is 422 g/mol. The Labute approximate surface area is 139 Å². The van der Waals surface area contributed by atoms with Crippen LogP contribution in [0.4, 0.5) is 39.5 Å². The fourth-order valence-corrected chi connectivity index (χ4v) is 3.10. The molecule has 1 aromatic rings. The van der Waals surface area contributed by atoms with Crippen molar-refractivity contribution in [3.05, 3.63) is 35.9 Å².